The van der Waals surface area contributed by atoms with Crippen molar-refractivity contribution in [2.24, 2.45) is 0 Å². The lowest BCUT2D eigenvalue weighted by Gasteiger charge is -2.04. The fourth-order valence-corrected chi connectivity index (χ4v) is 2.79. The first-order valence-corrected chi connectivity index (χ1v) is 7.40. The number of aromatic nitrogens is 2. The van der Waals surface area contributed by atoms with E-state index in [2.05, 4.69) is 14.7 Å². The van der Waals surface area contributed by atoms with Gasteiger partial charge in [-0.05, 0) is 12.1 Å². The average Bonchev–Trinajstić information content (AvgIpc) is 2.82. The van der Waals surface area contributed by atoms with Crippen LogP contribution in [0.4, 0.5) is 0 Å². The van der Waals surface area contributed by atoms with Crippen molar-refractivity contribution in [3.8, 4) is 6.07 Å². The summed E-state index contributed by atoms with van der Waals surface area (Å²) in [5.74, 6) is 0. The maximum atomic E-state index is 11.9. The molecule has 2 rings (SSSR count). The Bertz CT molecular complexity index is 768. The van der Waals surface area contributed by atoms with Crippen LogP contribution in [-0.4, -0.2) is 18.4 Å². The van der Waals surface area contributed by atoms with Crippen LogP contribution >= 0.6 is 11.3 Å². The lowest BCUT2D eigenvalue weighted by molar-refractivity contribution is 0.580. The molecule has 2 aromatic heterocycles. The number of aromatic amines is 1. The average molecular weight is 296 g/mol. The Morgan fingerprint density at radius 1 is 1.47 bits per heavy atom. The summed E-state index contributed by atoms with van der Waals surface area (Å²) in [5, 5.41) is 10.1. The molecule has 0 radical (unpaired) electrons. The predicted octanol–water partition coefficient (Wildman–Crippen LogP) is 0.182. The lowest BCUT2D eigenvalue weighted by Crippen LogP contribution is -2.23. The number of nitrogens with zero attached hydrogens (tertiary/aromatic N) is 2. The molecule has 0 saturated heterocycles. The third-order valence-electron chi connectivity index (χ3n) is 2.18. The summed E-state index contributed by atoms with van der Waals surface area (Å²) >= 11 is 0.961. The molecular formula is C10H8N4O3S2. The van der Waals surface area contributed by atoms with E-state index in [1.165, 1.54) is 12.1 Å². The zero-order valence-electron chi connectivity index (χ0n) is 9.45. The molecule has 0 fully saturated rings. The van der Waals surface area contributed by atoms with Crippen molar-refractivity contribution in [2.45, 2.75) is 11.4 Å². The summed E-state index contributed by atoms with van der Waals surface area (Å²) in [7, 11) is -3.71. The highest BCUT2D eigenvalue weighted by molar-refractivity contribution is 7.89. The Kier molecular flexibility index (Phi) is 3.75. The number of hydrogen-bond donors (Lipinski definition) is 2. The van der Waals surface area contributed by atoms with E-state index in [4.69, 9.17) is 5.26 Å². The Morgan fingerprint density at radius 2 is 2.26 bits per heavy atom. The van der Waals surface area contributed by atoms with Crippen molar-refractivity contribution < 1.29 is 8.42 Å². The number of nitrogens with one attached hydrogen (secondary N) is 2. The van der Waals surface area contributed by atoms with E-state index in [0.717, 1.165) is 17.5 Å². The molecule has 0 unspecified atom stereocenters. The Labute approximate surface area is 112 Å². The van der Waals surface area contributed by atoms with Crippen LogP contribution in [0.15, 0.2) is 33.4 Å². The topological polar surface area (TPSA) is 116 Å². The smallest absolute Gasteiger partial charge is 0.304 e. The van der Waals surface area contributed by atoms with Gasteiger partial charge < -0.3 is 4.98 Å². The Morgan fingerprint density at radius 3 is 2.79 bits per heavy atom. The number of H-pyrrole nitrogens is 1. The molecule has 19 heavy (non-hydrogen) atoms. The first kappa shape index (κ1) is 13.4. The van der Waals surface area contributed by atoms with E-state index in [0.29, 0.717) is 5.69 Å². The number of pyridine rings is 1. The SMILES string of the molecule is N#Cc1ccc(S(=O)(=O)NCc2csc(=O)[nH]2)cn1. The van der Waals surface area contributed by atoms with Gasteiger partial charge in [0.15, 0.2) is 0 Å². The van der Waals surface area contributed by atoms with Gasteiger partial charge in [-0.1, -0.05) is 11.3 Å². The van der Waals surface area contributed by atoms with Gasteiger partial charge in [0, 0.05) is 17.3 Å². The fourth-order valence-electron chi connectivity index (χ4n) is 1.26. The van der Waals surface area contributed by atoms with Crippen LogP contribution < -0.4 is 9.60 Å². The zero-order valence-corrected chi connectivity index (χ0v) is 11.1. The van der Waals surface area contributed by atoms with Crippen molar-refractivity contribution in [1.82, 2.24) is 14.7 Å². The van der Waals surface area contributed by atoms with Crippen LogP contribution in [-0.2, 0) is 16.6 Å². The predicted molar refractivity (Wildman–Crippen MR) is 67.9 cm³/mol. The van der Waals surface area contributed by atoms with Gasteiger partial charge in [-0.25, -0.2) is 18.1 Å². The molecule has 0 aliphatic carbocycles. The van der Waals surface area contributed by atoms with Crippen LogP contribution in [0.2, 0.25) is 0 Å². The van der Waals surface area contributed by atoms with Crippen LogP contribution in [0.3, 0.4) is 0 Å². The third-order valence-corrected chi connectivity index (χ3v) is 4.29. The summed E-state index contributed by atoms with van der Waals surface area (Å²) in [4.78, 5) is 16.8. The highest BCUT2D eigenvalue weighted by Gasteiger charge is 2.14. The Hall–Kier alpha value is -2.02. The summed E-state index contributed by atoms with van der Waals surface area (Å²) < 4.78 is 26.1. The summed E-state index contributed by atoms with van der Waals surface area (Å²) in [6.45, 7) is -0.0128. The van der Waals surface area contributed by atoms with E-state index in [1.807, 2.05) is 0 Å². The van der Waals surface area contributed by atoms with Crippen molar-refractivity contribution in [1.29, 1.82) is 5.26 Å². The second-order valence-electron chi connectivity index (χ2n) is 3.49. The van der Waals surface area contributed by atoms with E-state index in [1.54, 1.807) is 11.4 Å². The molecule has 98 valence electrons. The summed E-state index contributed by atoms with van der Waals surface area (Å²) in [6.07, 6.45) is 1.11. The van der Waals surface area contributed by atoms with Gasteiger partial charge in [0.25, 0.3) is 0 Å². The van der Waals surface area contributed by atoms with Crippen LogP contribution in [0.5, 0.6) is 0 Å². The molecule has 2 N–H and O–H groups in total. The van der Waals surface area contributed by atoms with E-state index in [-0.39, 0.29) is 22.0 Å². The molecule has 0 amide bonds. The number of sulfonamides is 1. The van der Waals surface area contributed by atoms with Crippen molar-refractivity contribution in [2.75, 3.05) is 0 Å². The van der Waals surface area contributed by atoms with Gasteiger partial charge in [-0.2, -0.15) is 5.26 Å². The molecule has 7 nitrogen and oxygen atoms in total. The molecule has 0 atom stereocenters. The van der Waals surface area contributed by atoms with Gasteiger partial charge in [-0.3, -0.25) is 4.79 Å². The van der Waals surface area contributed by atoms with Crippen molar-refractivity contribution >= 4 is 21.4 Å². The van der Waals surface area contributed by atoms with Crippen molar-refractivity contribution in [3.63, 3.8) is 0 Å². The zero-order chi connectivity index (χ0) is 13.9. The highest BCUT2D eigenvalue weighted by atomic mass is 32.2. The van der Waals surface area contributed by atoms with Gasteiger partial charge in [0.1, 0.15) is 16.7 Å². The third kappa shape index (κ3) is 3.25. The minimum Gasteiger partial charge on any atom is -0.315 e. The van der Waals surface area contributed by atoms with Gasteiger partial charge >= 0.3 is 4.87 Å². The minimum absolute atomic E-state index is 0.0128. The van der Waals surface area contributed by atoms with Crippen molar-refractivity contribution in [3.05, 3.63) is 44.8 Å². The second-order valence-corrected chi connectivity index (χ2v) is 6.10. The molecule has 2 aromatic rings. The summed E-state index contributed by atoms with van der Waals surface area (Å²) in [5.41, 5.74) is 0.626. The number of rotatable bonds is 4. The first-order valence-electron chi connectivity index (χ1n) is 5.04. The fraction of sp³-hybridized carbons (Fsp3) is 0.100. The molecule has 0 aromatic carbocycles. The molecule has 2 heterocycles. The maximum Gasteiger partial charge on any atom is 0.304 e. The standard InChI is InChI=1S/C10H8N4O3S2/c11-3-7-1-2-9(5-12-7)19(16,17)13-4-8-6-18-10(15)14-8/h1-2,5-6,13H,4H2,(H,14,15). The van der Waals surface area contributed by atoms with E-state index >= 15 is 0 Å². The van der Waals surface area contributed by atoms with Crippen LogP contribution in [0, 0.1) is 11.3 Å². The first-order chi connectivity index (χ1) is 9.01. The lowest BCUT2D eigenvalue weighted by atomic mass is 10.4. The molecule has 0 saturated carbocycles. The minimum atomic E-state index is -3.71. The highest BCUT2D eigenvalue weighted by Crippen LogP contribution is 2.08. The molecule has 0 aliphatic rings. The van der Waals surface area contributed by atoms with Crippen LogP contribution in [0.1, 0.15) is 11.4 Å². The summed E-state index contributed by atoms with van der Waals surface area (Å²) in [6, 6.07) is 4.42. The normalized spacial score (nSPS) is 11.1. The molecule has 9 heteroatoms. The van der Waals surface area contributed by atoms with Gasteiger partial charge in [-0.15, -0.1) is 0 Å². The second kappa shape index (κ2) is 5.31. The molecular weight excluding hydrogens is 288 g/mol. The Balaban J connectivity index is 2.13. The maximum absolute atomic E-state index is 11.9. The molecule has 0 aliphatic heterocycles. The van der Waals surface area contributed by atoms with Gasteiger partial charge in [0.05, 0.1) is 6.54 Å². The number of nitriles is 1. The van der Waals surface area contributed by atoms with Gasteiger partial charge in [0.2, 0.25) is 10.0 Å². The molecule has 0 spiro atoms. The quantitative estimate of drug-likeness (QED) is 0.835. The van der Waals surface area contributed by atoms with E-state index < -0.39 is 10.0 Å². The molecule has 0 bridgehead atoms. The largest absolute Gasteiger partial charge is 0.315 e. The number of thiazole rings is 1. The number of hydrogen-bond acceptors (Lipinski definition) is 6. The monoisotopic (exact) mass is 296 g/mol. The van der Waals surface area contributed by atoms with Crippen LogP contribution in [0.25, 0.3) is 0 Å². The van der Waals surface area contributed by atoms with E-state index in [9.17, 15) is 13.2 Å².